The lowest BCUT2D eigenvalue weighted by atomic mass is 9.89. The molecule has 1 aliphatic rings. The van der Waals surface area contributed by atoms with Gasteiger partial charge in [-0.05, 0) is 11.8 Å². The fourth-order valence-corrected chi connectivity index (χ4v) is 0.893. The molecule has 0 bridgehead atoms. The number of hydrogen-bond donors (Lipinski definition) is 1. The molecule has 1 aliphatic carbocycles. The Morgan fingerprint density at radius 1 is 1.50 bits per heavy atom. The van der Waals surface area contributed by atoms with Crippen molar-refractivity contribution < 1.29 is 8.78 Å². The summed E-state index contributed by atoms with van der Waals surface area (Å²) in [6, 6.07) is -0.174. The molecular formula is C4H6ClF2N. The zero-order valence-corrected chi connectivity index (χ0v) is 4.88. The van der Waals surface area contributed by atoms with Gasteiger partial charge in [0.1, 0.15) is 0 Å². The van der Waals surface area contributed by atoms with Crippen molar-refractivity contribution >= 4 is 11.8 Å². The second kappa shape index (κ2) is 1.81. The summed E-state index contributed by atoms with van der Waals surface area (Å²) in [6.07, 6.45) is -0.229. The number of alkyl halides is 2. The molecule has 1 saturated carbocycles. The van der Waals surface area contributed by atoms with E-state index in [0.29, 0.717) is 0 Å². The van der Waals surface area contributed by atoms with Gasteiger partial charge < -0.3 is 0 Å². The van der Waals surface area contributed by atoms with Crippen LogP contribution >= 0.6 is 11.8 Å². The van der Waals surface area contributed by atoms with Gasteiger partial charge in [-0.25, -0.2) is 13.6 Å². The Hall–Kier alpha value is 0.110. The Kier molecular flexibility index (Phi) is 1.41. The Bertz CT molecular complexity index is 88.0. The second-order valence-electron chi connectivity index (χ2n) is 2.07. The van der Waals surface area contributed by atoms with Crippen molar-refractivity contribution in [3.05, 3.63) is 0 Å². The summed E-state index contributed by atoms with van der Waals surface area (Å²) in [5.41, 5.74) is 0. The molecule has 1 nitrogen and oxygen atoms in total. The maximum atomic E-state index is 11.9. The van der Waals surface area contributed by atoms with Gasteiger partial charge in [0.15, 0.2) is 0 Å². The Morgan fingerprint density at radius 3 is 2.12 bits per heavy atom. The molecule has 0 aromatic rings. The largest absolute Gasteiger partial charge is 0.251 e. The van der Waals surface area contributed by atoms with E-state index in [0.717, 1.165) is 0 Å². The lowest BCUT2D eigenvalue weighted by Gasteiger charge is -2.33. The van der Waals surface area contributed by atoms with Gasteiger partial charge in [0.25, 0.3) is 5.92 Å². The fraction of sp³-hybridized carbons (Fsp3) is 1.00. The van der Waals surface area contributed by atoms with Crippen molar-refractivity contribution in [3.63, 3.8) is 0 Å². The SMILES string of the molecule is FC1(F)CC(NCl)C1. The van der Waals surface area contributed by atoms with Gasteiger partial charge in [0.2, 0.25) is 0 Å². The highest BCUT2D eigenvalue weighted by Crippen LogP contribution is 2.37. The van der Waals surface area contributed by atoms with Gasteiger partial charge in [-0.1, -0.05) is 0 Å². The van der Waals surface area contributed by atoms with Crippen LogP contribution in [0.5, 0.6) is 0 Å². The normalized spacial score (nSPS) is 27.4. The molecule has 0 aromatic carbocycles. The Morgan fingerprint density at radius 2 is 2.00 bits per heavy atom. The average Bonchev–Trinajstić information content (AvgIpc) is 1.60. The smallest absolute Gasteiger partial charge is 0.230 e. The number of nitrogens with one attached hydrogen (secondary N) is 1. The van der Waals surface area contributed by atoms with Crippen molar-refractivity contribution in [1.29, 1.82) is 0 Å². The van der Waals surface area contributed by atoms with Crippen LogP contribution in [0, 0.1) is 0 Å². The van der Waals surface area contributed by atoms with E-state index >= 15 is 0 Å². The third-order valence-corrected chi connectivity index (χ3v) is 1.55. The van der Waals surface area contributed by atoms with E-state index in [1.165, 1.54) is 0 Å². The van der Waals surface area contributed by atoms with Gasteiger partial charge in [-0.15, -0.1) is 0 Å². The van der Waals surface area contributed by atoms with Crippen LogP contribution in [0.4, 0.5) is 8.78 Å². The van der Waals surface area contributed by atoms with Crippen molar-refractivity contribution in [2.75, 3.05) is 0 Å². The number of hydrogen-bond acceptors (Lipinski definition) is 1. The minimum absolute atomic E-state index is 0.115. The monoisotopic (exact) mass is 141 g/mol. The van der Waals surface area contributed by atoms with E-state index in [2.05, 4.69) is 4.84 Å². The molecule has 1 rings (SSSR count). The van der Waals surface area contributed by atoms with E-state index in [9.17, 15) is 8.78 Å². The molecule has 0 aliphatic heterocycles. The molecule has 0 heterocycles. The summed E-state index contributed by atoms with van der Waals surface area (Å²) in [5, 5.41) is 0. The highest BCUT2D eigenvalue weighted by atomic mass is 35.5. The molecule has 0 radical (unpaired) electrons. The second-order valence-corrected chi connectivity index (χ2v) is 2.29. The van der Waals surface area contributed by atoms with Gasteiger partial charge in [-0.3, -0.25) is 0 Å². The number of halogens is 3. The molecule has 0 aromatic heterocycles. The van der Waals surface area contributed by atoms with Crippen molar-refractivity contribution in [3.8, 4) is 0 Å². The van der Waals surface area contributed by atoms with Crippen LogP contribution in [0.15, 0.2) is 0 Å². The summed E-state index contributed by atoms with van der Waals surface area (Å²) in [7, 11) is 0. The van der Waals surface area contributed by atoms with Crippen molar-refractivity contribution in [2.24, 2.45) is 0 Å². The minimum atomic E-state index is -2.45. The zero-order valence-electron chi connectivity index (χ0n) is 4.13. The highest BCUT2D eigenvalue weighted by molar-refractivity contribution is 6.13. The molecule has 0 atom stereocenters. The predicted octanol–water partition coefficient (Wildman–Crippen LogP) is 1.53. The topological polar surface area (TPSA) is 12.0 Å². The molecule has 1 fully saturated rings. The molecular weight excluding hydrogens is 136 g/mol. The van der Waals surface area contributed by atoms with Crippen LogP contribution in [0.25, 0.3) is 0 Å². The van der Waals surface area contributed by atoms with Crippen LogP contribution in [-0.2, 0) is 0 Å². The molecule has 8 heavy (non-hydrogen) atoms. The first-order valence-electron chi connectivity index (χ1n) is 2.38. The van der Waals surface area contributed by atoms with Crippen LogP contribution in [0.2, 0.25) is 0 Å². The zero-order chi connectivity index (χ0) is 6.20. The molecule has 0 unspecified atom stereocenters. The summed E-state index contributed by atoms with van der Waals surface area (Å²) in [6.45, 7) is 0. The van der Waals surface area contributed by atoms with Gasteiger partial charge in [-0.2, -0.15) is 0 Å². The molecule has 48 valence electrons. The molecule has 0 amide bonds. The predicted molar refractivity (Wildman–Crippen MR) is 27.0 cm³/mol. The van der Waals surface area contributed by atoms with E-state index in [1.54, 1.807) is 0 Å². The third-order valence-electron chi connectivity index (χ3n) is 1.24. The highest BCUT2D eigenvalue weighted by Gasteiger charge is 2.44. The lowest BCUT2D eigenvalue weighted by molar-refractivity contribution is -0.0877. The lowest BCUT2D eigenvalue weighted by Crippen LogP contribution is -2.45. The summed E-state index contributed by atoms with van der Waals surface area (Å²) in [4.78, 5) is 2.25. The average molecular weight is 142 g/mol. The first-order valence-corrected chi connectivity index (χ1v) is 2.76. The van der Waals surface area contributed by atoms with E-state index in [4.69, 9.17) is 11.8 Å². The Balaban J connectivity index is 2.21. The standard InChI is InChI=1S/C4H6ClF2N/c5-8-3-1-4(6,7)2-3/h3,8H,1-2H2. The maximum absolute atomic E-state index is 11.9. The summed E-state index contributed by atoms with van der Waals surface area (Å²) in [5.74, 6) is -2.45. The summed E-state index contributed by atoms with van der Waals surface area (Å²) >= 11 is 5.05. The minimum Gasteiger partial charge on any atom is -0.230 e. The van der Waals surface area contributed by atoms with Crippen LogP contribution in [0.3, 0.4) is 0 Å². The number of rotatable bonds is 1. The van der Waals surface area contributed by atoms with Gasteiger partial charge in [0, 0.05) is 18.9 Å². The van der Waals surface area contributed by atoms with Gasteiger partial charge in [0.05, 0.1) is 0 Å². The van der Waals surface area contributed by atoms with Gasteiger partial charge >= 0.3 is 0 Å². The van der Waals surface area contributed by atoms with Crippen LogP contribution < -0.4 is 4.84 Å². The van der Waals surface area contributed by atoms with E-state index in [-0.39, 0.29) is 18.9 Å². The maximum Gasteiger partial charge on any atom is 0.251 e. The van der Waals surface area contributed by atoms with Crippen molar-refractivity contribution in [2.45, 2.75) is 24.8 Å². The van der Waals surface area contributed by atoms with Crippen molar-refractivity contribution in [1.82, 2.24) is 4.84 Å². The molecule has 0 saturated heterocycles. The van der Waals surface area contributed by atoms with Crippen LogP contribution in [0.1, 0.15) is 12.8 Å². The first kappa shape index (κ1) is 6.23. The molecule has 4 heteroatoms. The first-order chi connectivity index (χ1) is 3.64. The van der Waals surface area contributed by atoms with Crippen LogP contribution in [-0.4, -0.2) is 12.0 Å². The van der Waals surface area contributed by atoms with E-state index < -0.39 is 5.92 Å². The molecule has 1 N–H and O–H groups in total. The third kappa shape index (κ3) is 1.09. The Labute approximate surface area is 51.1 Å². The fourth-order valence-electron chi connectivity index (χ4n) is 0.738. The van der Waals surface area contributed by atoms with E-state index in [1.807, 2.05) is 0 Å². The summed E-state index contributed by atoms with van der Waals surface area (Å²) < 4.78 is 23.8. The quantitative estimate of drug-likeness (QED) is 0.546. The molecule has 0 spiro atoms.